The lowest BCUT2D eigenvalue weighted by molar-refractivity contribution is 0.673. The molecule has 0 radical (unpaired) electrons. The molecule has 17 heavy (non-hydrogen) atoms. The molecule has 0 atom stereocenters. The van der Waals surface area contributed by atoms with Gasteiger partial charge in [0, 0.05) is 38.1 Å². The predicted octanol–water partition coefficient (Wildman–Crippen LogP) is 2.57. The van der Waals surface area contributed by atoms with Crippen LogP contribution in [0.25, 0.3) is 0 Å². The first-order valence-corrected chi connectivity index (χ1v) is 6.69. The van der Waals surface area contributed by atoms with Crippen molar-refractivity contribution >= 4 is 5.69 Å². The van der Waals surface area contributed by atoms with Crippen LogP contribution in [0.4, 0.5) is 5.69 Å². The number of nitrogens with one attached hydrogen (secondary N) is 1. The van der Waals surface area contributed by atoms with Crippen LogP contribution in [0.1, 0.15) is 38.3 Å². The lowest BCUT2D eigenvalue weighted by Gasteiger charge is -2.19. The highest BCUT2D eigenvalue weighted by Gasteiger charge is 2.20. The molecule has 0 amide bonds. The van der Waals surface area contributed by atoms with E-state index >= 15 is 0 Å². The molecule has 0 spiro atoms. The first-order valence-electron chi connectivity index (χ1n) is 6.69. The van der Waals surface area contributed by atoms with E-state index < -0.39 is 0 Å². The summed E-state index contributed by atoms with van der Waals surface area (Å²) in [6, 6.07) is 5.04. The molecule has 0 saturated heterocycles. The molecular weight excluding hydrogens is 210 g/mol. The highest BCUT2D eigenvalue weighted by Crippen LogP contribution is 2.20. The van der Waals surface area contributed by atoms with Gasteiger partial charge in [0.1, 0.15) is 0 Å². The van der Waals surface area contributed by atoms with Crippen LogP contribution >= 0.6 is 0 Å². The van der Waals surface area contributed by atoms with E-state index in [-0.39, 0.29) is 0 Å². The Balaban J connectivity index is 1.89. The van der Waals surface area contributed by atoms with E-state index in [4.69, 9.17) is 0 Å². The standard InChI is InChI=1S/C14H23N3/c1-3-4-9-17(2)14-7-8-15-13(10-14)11-16-12-5-6-12/h7-8,10,12,16H,3-6,9,11H2,1-2H3. The van der Waals surface area contributed by atoms with Crippen LogP contribution in [0, 0.1) is 0 Å². The SMILES string of the molecule is CCCCN(C)c1ccnc(CNC2CC2)c1. The molecule has 1 heterocycles. The molecule has 1 aromatic heterocycles. The van der Waals surface area contributed by atoms with Crippen molar-refractivity contribution in [1.82, 2.24) is 10.3 Å². The van der Waals surface area contributed by atoms with Crippen LogP contribution in [-0.2, 0) is 6.54 Å². The number of pyridine rings is 1. The third kappa shape index (κ3) is 4.00. The second kappa shape index (κ2) is 6.01. The minimum Gasteiger partial charge on any atom is -0.375 e. The summed E-state index contributed by atoms with van der Waals surface area (Å²) in [6.45, 7) is 4.25. The first-order chi connectivity index (χ1) is 8.29. The van der Waals surface area contributed by atoms with Crippen LogP contribution in [0.15, 0.2) is 18.3 Å². The van der Waals surface area contributed by atoms with Crippen molar-refractivity contribution < 1.29 is 0 Å². The third-order valence-electron chi connectivity index (χ3n) is 3.24. The van der Waals surface area contributed by atoms with Gasteiger partial charge in [-0.2, -0.15) is 0 Å². The molecule has 3 heteroatoms. The summed E-state index contributed by atoms with van der Waals surface area (Å²) in [5.41, 5.74) is 2.43. The van der Waals surface area contributed by atoms with Crippen LogP contribution in [0.2, 0.25) is 0 Å². The zero-order chi connectivity index (χ0) is 12.1. The lowest BCUT2D eigenvalue weighted by atomic mass is 10.2. The summed E-state index contributed by atoms with van der Waals surface area (Å²) < 4.78 is 0. The van der Waals surface area contributed by atoms with E-state index in [1.54, 1.807) is 0 Å². The Bertz CT molecular complexity index is 347. The maximum absolute atomic E-state index is 4.41. The number of hydrogen-bond donors (Lipinski definition) is 1. The minimum atomic E-state index is 0.748. The molecular formula is C14H23N3. The molecule has 1 N–H and O–H groups in total. The maximum Gasteiger partial charge on any atom is 0.0562 e. The van der Waals surface area contributed by atoms with E-state index in [0.717, 1.165) is 24.8 Å². The predicted molar refractivity (Wildman–Crippen MR) is 72.3 cm³/mol. The Labute approximate surface area is 104 Å². The number of nitrogens with zero attached hydrogens (tertiary/aromatic N) is 2. The van der Waals surface area contributed by atoms with E-state index in [1.165, 1.54) is 31.4 Å². The molecule has 1 saturated carbocycles. The zero-order valence-electron chi connectivity index (χ0n) is 10.9. The van der Waals surface area contributed by atoms with Crippen molar-refractivity contribution in [3.05, 3.63) is 24.0 Å². The molecule has 0 bridgehead atoms. The molecule has 0 unspecified atom stereocenters. The van der Waals surface area contributed by atoms with E-state index in [1.807, 2.05) is 6.20 Å². The van der Waals surface area contributed by atoms with Crippen molar-refractivity contribution in [2.45, 2.75) is 45.2 Å². The molecule has 2 rings (SSSR count). The lowest BCUT2D eigenvalue weighted by Crippen LogP contribution is -2.20. The van der Waals surface area contributed by atoms with Gasteiger partial charge in [-0.1, -0.05) is 13.3 Å². The average Bonchev–Trinajstić information content (AvgIpc) is 3.18. The van der Waals surface area contributed by atoms with Gasteiger partial charge in [-0.3, -0.25) is 4.98 Å². The monoisotopic (exact) mass is 233 g/mol. The van der Waals surface area contributed by atoms with Crippen LogP contribution in [0.3, 0.4) is 0 Å². The zero-order valence-corrected chi connectivity index (χ0v) is 10.9. The van der Waals surface area contributed by atoms with Crippen molar-refractivity contribution in [1.29, 1.82) is 0 Å². The molecule has 1 aliphatic rings. The fraction of sp³-hybridized carbons (Fsp3) is 0.643. The second-order valence-corrected chi connectivity index (χ2v) is 4.94. The number of rotatable bonds is 7. The molecule has 3 nitrogen and oxygen atoms in total. The Kier molecular flexibility index (Phi) is 4.37. The summed E-state index contributed by atoms with van der Waals surface area (Å²) in [5, 5.41) is 3.50. The van der Waals surface area contributed by atoms with Crippen molar-refractivity contribution in [3.8, 4) is 0 Å². The van der Waals surface area contributed by atoms with Gasteiger partial charge in [-0.05, 0) is 31.4 Å². The summed E-state index contributed by atoms with van der Waals surface area (Å²) >= 11 is 0. The summed E-state index contributed by atoms with van der Waals surface area (Å²) in [6.07, 6.45) is 7.06. The van der Waals surface area contributed by atoms with Gasteiger partial charge < -0.3 is 10.2 Å². The van der Waals surface area contributed by atoms with Crippen LogP contribution < -0.4 is 10.2 Å². The molecule has 1 fully saturated rings. The highest BCUT2D eigenvalue weighted by molar-refractivity contribution is 5.45. The molecule has 0 aromatic carbocycles. The van der Waals surface area contributed by atoms with E-state index in [9.17, 15) is 0 Å². The minimum absolute atomic E-state index is 0.748. The van der Waals surface area contributed by atoms with Gasteiger partial charge in [-0.25, -0.2) is 0 Å². The van der Waals surface area contributed by atoms with Crippen LogP contribution in [-0.4, -0.2) is 24.6 Å². The van der Waals surface area contributed by atoms with E-state index in [2.05, 4.69) is 41.3 Å². The largest absolute Gasteiger partial charge is 0.375 e. The maximum atomic E-state index is 4.41. The quantitative estimate of drug-likeness (QED) is 0.784. The molecule has 1 aromatic rings. The number of aromatic nitrogens is 1. The Morgan fingerprint density at radius 1 is 1.47 bits per heavy atom. The normalized spacial score (nSPS) is 14.9. The van der Waals surface area contributed by atoms with Gasteiger partial charge in [0.25, 0.3) is 0 Å². The summed E-state index contributed by atoms with van der Waals surface area (Å²) in [4.78, 5) is 6.72. The van der Waals surface area contributed by atoms with Gasteiger partial charge in [0.2, 0.25) is 0 Å². The van der Waals surface area contributed by atoms with Gasteiger partial charge in [0.15, 0.2) is 0 Å². The summed E-state index contributed by atoms with van der Waals surface area (Å²) in [5.74, 6) is 0. The summed E-state index contributed by atoms with van der Waals surface area (Å²) in [7, 11) is 2.16. The Morgan fingerprint density at radius 2 is 2.29 bits per heavy atom. The van der Waals surface area contributed by atoms with Gasteiger partial charge in [-0.15, -0.1) is 0 Å². The molecule has 1 aliphatic carbocycles. The number of anilines is 1. The second-order valence-electron chi connectivity index (χ2n) is 4.94. The third-order valence-corrected chi connectivity index (χ3v) is 3.24. The van der Waals surface area contributed by atoms with Crippen molar-refractivity contribution in [2.75, 3.05) is 18.5 Å². The highest BCUT2D eigenvalue weighted by atomic mass is 15.1. The van der Waals surface area contributed by atoms with E-state index in [0.29, 0.717) is 0 Å². The van der Waals surface area contributed by atoms with Crippen LogP contribution in [0.5, 0.6) is 0 Å². The number of unbranched alkanes of at least 4 members (excludes halogenated alkanes) is 1. The van der Waals surface area contributed by atoms with Crippen molar-refractivity contribution in [3.63, 3.8) is 0 Å². The fourth-order valence-corrected chi connectivity index (χ4v) is 1.86. The first kappa shape index (κ1) is 12.4. The average molecular weight is 233 g/mol. The molecule has 0 aliphatic heterocycles. The topological polar surface area (TPSA) is 28.2 Å². The van der Waals surface area contributed by atoms with Gasteiger partial charge in [0.05, 0.1) is 5.69 Å². The number of hydrogen-bond acceptors (Lipinski definition) is 3. The van der Waals surface area contributed by atoms with Crippen molar-refractivity contribution in [2.24, 2.45) is 0 Å². The molecule has 94 valence electrons. The van der Waals surface area contributed by atoms with Gasteiger partial charge >= 0.3 is 0 Å². The fourth-order valence-electron chi connectivity index (χ4n) is 1.86. The Hall–Kier alpha value is -1.09. The smallest absolute Gasteiger partial charge is 0.0562 e. The Morgan fingerprint density at radius 3 is 3.00 bits per heavy atom.